The number of fused-ring (bicyclic) bond motifs is 1. The van der Waals surface area contributed by atoms with E-state index in [9.17, 15) is 0 Å². The summed E-state index contributed by atoms with van der Waals surface area (Å²) in [7, 11) is 0. The summed E-state index contributed by atoms with van der Waals surface area (Å²) in [5.41, 5.74) is 2.78. The topological polar surface area (TPSA) is 33.1 Å². The lowest BCUT2D eigenvalue weighted by molar-refractivity contribution is 0.318. The molecule has 0 unspecified atom stereocenters. The third-order valence-corrected chi connectivity index (χ3v) is 4.22. The zero-order valence-electron chi connectivity index (χ0n) is 11.4. The Kier molecular flexibility index (Phi) is 3.66. The maximum Gasteiger partial charge on any atom is 0.109 e. The predicted molar refractivity (Wildman–Crippen MR) is 72.7 cm³/mol. The van der Waals surface area contributed by atoms with Gasteiger partial charge in [0, 0.05) is 44.7 Å². The molecule has 1 N–H and O–H groups in total. The molecule has 100 valence electrons. The SMILES string of the molecule is CCc1nc2c(n1CCN1CCCC1)CCNC2. The number of aromatic nitrogens is 2. The number of imidazole rings is 1. The van der Waals surface area contributed by atoms with Gasteiger partial charge >= 0.3 is 0 Å². The number of aryl methyl sites for hydroxylation is 1. The van der Waals surface area contributed by atoms with Crippen molar-refractivity contribution in [2.45, 2.75) is 45.7 Å². The molecule has 0 amide bonds. The fourth-order valence-corrected chi connectivity index (χ4v) is 3.21. The van der Waals surface area contributed by atoms with Gasteiger partial charge in [0.1, 0.15) is 5.82 Å². The summed E-state index contributed by atoms with van der Waals surface area (Å²) in [6.45, 7) is 9.19. The van der Waals surface area contributed by atoms with Crippen molar-refractivity contribution in [2.75, 3.05) is 26.2 Å². The minimum absolute atomic E-state index is 0.957. The maximum atomic E-state index is 4.80. The lowest BCUT2D eigenvalue weighted by Crippen LogP contribution is -2.28. The van der Waals surface area contributed by atoms with Crippen molar-refractivity contribution >= 4 is 0 Å². The van der Waals surface area contributed by atoms with Gasteiger partial charge in [-0.25, -0.2) is 4.98 Å². The molecular formula is C14H24N4. The minimum Gasteiger partial charge on any atom is -0.330 e. The molecule has 2 aliphatic heterocycles. The fourth-order valence-electron chi connectivity index (χ4n) is 3.21. The molecular weight excluding hydrogens is 224 g/mol. The number of rotatable bonds is 4. The first-order chi connectivity index (χ1) is 8.88. The molecule has 18 heavy (non-hydrogen) atoms. The molecule has 1 fully saturated rings. The van der Waals surface area contributed by atoms with E-state index in [-0.39, 0.29) is 0 Å². The second-order valence-electron chi connectivity index (χ2n) is 5.40. The van der Waals surface area contributed by atoms with E-state index >= 15 is 0 Å². The van der Waals surface area contributed by atoms with Gasteiger partial charge in [-0.05, 0) is 25.9 Å². The summed E-state index contributed by atoms with van der Waals surface area (Å²) < 4.78 is 2.49. The number of nitrogens with zero attached hydrogens (tertiary/aromatic N) is 3. The second-order valence-corrected chi connectivity index (χ2v) is 5.40. The van der Waals surface area contributed by atoms with Gasteiger partial charge in [0.2, 0.25) is 0 Å². The van der Waals surface area contributed by atoms with Gasteiger partial charge in [0.05, 0.1) is 5.69 Å². The average Bonchev–Trinajstić information content (AvgIpc) is 3.03. The predicted octanol–water partition coefficient (Wildman–Crippen LogP) is 1.19. The lowest BCUT2D eigenvalue weighted by Gasteiger charge is -2.19. The number of likely N-dealkylation sites (tertiary alicyclic amines) is 1. The molecule has 3 rings (SSSR count). The van der Waals surface area contributed by atoms with E-state index in [2.05, 4.69) is 21.7 Å². The molecule has 4 nitrogen and oxygen atoms in total. The molecule has 1 aromatic rings. The van der Waals surface area contributed by atoms with Crippen molar-refractivity contribution < 1.29 is 0 Å². The summed E-state index contributed by atoms with van der Waals surface area (Å²) in [5, 5.41) is 3.42. The van der Waals surface area contributed by atoms with Crippen LogP contribution in [0.2, 0.25) is 0 Å². The van der Waals surface area contributed by atoms with Crippen LogP contribution in [-0.4, -0.2) is 40.6 Å². The van der Waals surface area contributed by atoms with Crippen LogP contribution < -0.4 is 5.32 Å². The molecule has 0 atom stereocenters. The van der Waals surface area contributed by atoms with Crippen LogP contribution >= 0.6 is 0 Å². The zero-order valence-corrected chi connectivity index (χ0v) is 11.4. The molecule has 0 bridgehead atoms. The van der Waals surface area contributed by atoms with Crippen molar-refractivity contribution in [3.05, 3.63) is 17.2 Å². The van der Waals surface area contributed by atoms with Gasteiger partial charge in [-0.3, -0.25) is 0 Å². The van der Waals surface area contributed by atoms with Gasteiger partial charge in [0.25, 0.3) is 0 Å². The Balaban J connectivity index is 1.74. The summed E-state index contributed by atoms with van der Waals surface area (Å²) >= 11 is 0. The average molecular weight is 248 g/mol. The molecule has 0 saturated carbocycles. The molecule has 0 aromatic carbocycles. The smallest absolute Gasteiger partial charge is 0.109 e. The van der Waals surface area contributed by atoms with Crippen LogP contribution in [0.3, 0.4) is 0 Å². The Morgan fingerprint density at radius 3 is 2.83 bits per heavy atom. The first-order valence-corrected chi connectivity index (χ1v) is 7.38. The molecule has 0 aliphatic carbocycles. The van der Waals surface area contributed by atoms with Gasteiger partial charge < -0.3 is 14.8 Å². The van der Waals surface area contributed by atoms with E-state index in [1.54, 1.807) is 0 Å². The molecule has 1 aromatic heterocycles. The fraction of sp³-hybridized carbons (Fsp3) is 0.786. The summed E-state index contributed by atoms with van der Waals surface area (Å²) in [6.07, 6.45) is 4.95. The van der Waals surface area contributed by atoms with Crippen LogP contribution in [0.1, 0.15) is 37.0 Å². The van der Waals surface area contributed by atoms with Crippen molar-refractivity contribution in [1.82, 2.24) is 19.8 Å². The number of nitrogens with one attached hydrogen (secondary N) is 1. The van der Waals surface area contributed by atoms with E-state index in [0.29, 0.717) is 0 Å². The molecule has 0 radical (unpaired) electrons. The highest BCUT2D eigenvalue weighted by molar-refractivity contribution is 5.20. The highest BCUT2D eigenvalue weighted by Gasteiger charge is 2.19. The van der Waals surface area contributed by atoms with Gasteiger partial charge in [-0.15, -0.1) is 0 Å². The normalized spacial score (nSPS) is 20.3. The third kappa shape index (κ3) is 2.31. The van der Waals surface area contributed by atoms with Crippen molar-refractivity contribution in [3.8, 4) is 0 Å². The largest absolute Gasteiger partial charge is 0.330 e. The zero-order chi connectivity index (χ0) is 12.4. The Bertz CT molecular complexity index is 404. The van der Waals surface area contributed by atoms with Gasteiger partial charge in [-0.1, -0.05) is 6.92 Å². The third-order valence-electron chi connectivity index (χ3n) is 4.22. The van der Waals surface area contributed by atoms with Crippen molar-refractivity contribution in [2.24, 2.45) is 0 Å². The van der Waals surface area contributed by atoms with Crippen LogP contribution in [0, 0.1) is 0 Å². The second kappa shape index (κ2) is 5.41. The van der Waals surface area contributed by atoms with Gasteiger partial charge in [0.15, 0.2) is 0 Å². The molecule has 3 heterocycles. The Morgan fingerprint density at radius 2 is 2.06 bits per heavy atom. The summed E-state index contributed by atoms with van der Waals surface area (Å²) in [4.78, 5) is 7.39. The minimum atomic E-state index is 0.957. The molecule has 4 heteroatoms. The monoisotopic (exact) mass is 248 g/mol. The highest BCUT2D eigenvalue weighted by Crippen LogP contribution is 2.17. The van der Waals surface area contributed by atoms with E-state index in [1.807, 2.05) is 0 Å². The van der Waals surface area contributed by atoms with Crippen LogP contribution in [0.5, 0.6) is 0 Å². The standard InChI is InChI=1S/C14H24N4/c1-2-14-16-12-11-15-6-5-13(12)18(14)10-9-17-7-3-4-8-17/h15H,2-11H2,1H3. The maximum absolute atomic E-state index is 4.80. The van der Waals surface area contributed by atoms with Crippen LogP contribution in [0.15, 0.2) is 0 Å². The highest BCUT2D eigenvalue weighted by atomic mass is 15.2. The van der Waals surface area contributed by atoms with E-state index in [1.165, 1.54) is 49.7 Å². The molecule has 0 spiro atoms. The van der Waals surface area contributed by atoms with E-state index < -0.39 is 0 Å². The van der Waals surface area contributed by atoms with Gasteiger partial charge in [-0.2, -0.15) is 0 Å². The van der Waals surface area contributed by atoms with Crippen molar-refractivity contribution in [3.63, 3.8) is 0 Å². The van der Waals surface area contributed by atoms with E-state index in [0.717, 1.165) is 32.5 Å². The van der Waals surface area contributed by atoms with Crippen LogP contribution in [0.25, 0.3) is 0 Å². The molecule has 1 saturated heterocycles. The summed E-state index contributed by atoms with van der Waals surface area (Å²) in [6, 6.07) is 0. The molecule has 2 aliphatic rings. The number of hydrogen-bond acceptors (Lipinski definition) is 3. The Labute approximate surface area is 109 Å². The summed E-state index contributed by atoms with van der Waals surface area (Å²) in [5.74, 6) is 1.28. The first-order valence-electron chi connectivity index (χ1n) is 7.38. The Hall–Kier alpha value is -0.870. The van der Waals surface area contributed by atoms with Crippen LogP contribution in [-0.2, 0) is 25.9 Å². The van der Waals surface area contributed by atoms with E-state index in [4.69, 9.17) is 4.98 Å². The lowest BCUT2D eigenvalue weighted by atomic mass is 10.2. The van der Waals surface area contributed by atoms with Crippen LogP contribution in [0.4, 0.5) is 0 Å². The quantitative estimate of drug-likeness (QED) is 0.869. The first kappa shape index (κ1) is 12.2. The van der Waals surface area contributed by atoms with Crippen molar-refractivity contribution in [1.29, 1.82) is 0 Å². The Morgan fingerprint density at radius 1 is 1.22 bits per heavy atom. The number of hydrogen-bond donors (Lipinski definition) is 1.